The Morgan fingerprint density at radius 1 is 1.11 bits per heavy atom. The van der Waals surface area contributed by atoms with Crippen LogP contribution < -0.4 is 14.8 Å². The molecule has 230 valence electrons. The highest BCUT2D eigenvalue weighted by molar-refractivity contribution is 7.91. The second-order valence-corrected chi connectivity index (χ2v) is 14.9. The van der Waals surface area contributed by atoms with Crippen LogP contribution in [-0.4, -0.2) is 81.2 Å². The van der Waals surface area contributed by atoms with Crippen LogP contribution in [0.25, 0.3) is 21.6 Å². The third kappa shape index (κ3) is 5.14. The molecule has 7 rings (SSSR count). The monoisotopic (exact) mass is 637 g/mol. The van der Waals surface area contributed by atoms with Crippen LogP contribution >= 0.6 is 11.3 Å². The number of fused-ring (bicyclic) bond motifs is 1. The van der Waals surface area contributed by atoms with Gasteiger partial charge in [0, 0.05) is 12.3 Å². The molecular formula is C30H31N5O7S2. The first-order valence-electron chi connectivity index (χ1n) is 14.5. The molecule has 4 atom stereocenters. The summed E-state index contributed by atoms with van der Waals surface area (Å²) < 4.78 is 33.5. The van der Waals surface area contributed by atoms with Crippen LogP contribution in [0.2, 0.25) is 0 Å². The van der Waals surface area contributed by atoms with Gasteiger partial charge in [-0.3, -0.25) is 19.1 Å². The molecule has 14 heteroatoms. The molecule has 1 aromatic carbocycles. The molecule has 0 unspecified atom stereocenters. The molecule has 0 bridgehead atoms. The van der Waals surface area contributed by atoms with E-state index in [1.165, 1.54) is 22.3 Å². The van der Waals surface area contributed by atoms with E-state index < -0.39 is 62.2 Å². The van der Waals surface area contributed by atoms with E-state index in [1.54, 1.807) is 0 Å². The number of hydrogen-bond acceptors (Lipinski definition) is 10. The van der Waals surface area contributed by atoms with E-state index in [9.17, 15) is 27.9 Å². The lowest BCUT2D eigenvalue weighted by atomic mass is 10.1. The molecule has 3 heterocycles. The second kappa shape index (κ2) is 10.3. The van der Waals surface area contributed by atoms with Crippen LogP contribution in [0.5, 0.6) is 5.88 Å². The lowest BCUT2D eigenvalue weighted by molar-refractivity contribution is -0.147. The largest absolute Gasteiger partial charge is 0.471 e. The topological polar surface area (TPSA) is 168 Å². The van der Waals surface area contributed by atoms with E-state index in [1.807, 2.05) is 41.8 Å². The summed E-state index contributed by atoms with van der Waals surface area (Å²) in [5.41, 5.74) is -1.21. The molecule has 3 amide bonds. The smallest absolute Gasteiger partial charge is 0.259 e. The molecule has 3 aromatic rings. The maximum absolute atomic E-state index is 13.8. The van der Waals surface area contributed by atoms with Gasteiger partial charge in [-0.1, -0.05) is 24.3 Å². The summed E-state index contributed by atoms with van der Waals surface area (Å²) in [5.74, 6) is -2.27. The zero-order valence-electron chi connectivity index (χ0n) is 23.6. The van der Waals surface area contributed by atoms with E-state index in [-0.39, 0.29) is 38.1 Å². The van der Waals surface area contributed by atoms with Crippen molar-refractivity contribution in [3.63, 3.8) is 0 Å². The minimum atomic E-state index is -3.85. The number of ether oxygens (including phenoxy) is 1. The van der Waals surface area contributed by atoms with Crippen LogP contribution in [0.4, 0.5) is 0 Å². The fourth-order valence-electron chi connectivity index (χ4n) is 5.77. The summed E-state index contributed by atoms with van der Waals surface area (Å²) in [6.07, 6.45) is 2.58. The van der Waals surface area contributed by atoms with Gasteiger partial charge in [0.25, 0.3) is 11.8 Å². The van der Waals surface area contributed by atoms with Crippen LogP contribution in [-0.2, 0) is 24.4 Å². The highest BCUT2D eigenvalue weighted by Crippen LogP contribution is 2.46. The number of nitrogens with one attached hydrogen (secondary N) is 2. The van der Waals surface area contributed by atoms with Gasteiger partial charge >= 0.3 is 0 Å². The number of thiophene rings is 1. The van der Waals surface area contributed by atoms with Crippen molar-refractivity contribution in [3.05, 3.63) is 54.4 Å². The van der Waals surface area contributed by atoms with Crippen molar-refractivity contribution < 1.29 is 32.6 Å². The summed E-state index contributed by atoms with van der Waals surface area (Å²) in [5, 5.41) is 14.7. The minimum Gasteiger partial charge on any atom is -0.471 e. The van der Waals surface area contributed by atoms with Gasteiger partial charge in [0.15, 0.2) is 0 Å². The Balaban J connectivity index is 1.15. The number of carbonyl (C=O) groups is 3. The summed E-state index contributed by atoms with van der Waals surface area (Å²) in [4.78, 5) is 52.1. The van der Waals surface area contributed by atoms with Gasteiger partial charge in [-0.2, -0.15) is 0 Å². The number of aromatic nitrogens is 2. The van der Waals surface area contributed by atoms with Crippen molar-refractivity contribution in [3.8, 4) is 16.5 Å². The first kappa shape index (κ1) is 28.9. The fraction of sp³-hybridized carbons (Fsp3) is 0.433. The second-order valence-electron chi connectivity index (χ2n) is 12.0. The molecule has 3 N–H and O–H groups in total. The fourth-order valence-corrected chi connectivity index (χ4v) is 7.84. The molecular weight excluding hydrogens is 606 g/mol. The van der Waals surface area contributed by atoms with Crippen LogP contribution in [0.15, 0.2) is 54.4 Å². The Labute approximate surface area is 257 Å². The van der Waals surface area contributed by atoms with Gasteiger partial charge in [0.1, 0.15) is 29.0 Å². The molecule has 1 saturated heterocycles. The first-order valence-corrected chi connectivity index (χ1v) is 17.0. The zero-order valence-corrected chi connectivity index (χ0v) is 25.3. The summed E-state index contributed by atoms with van der Waals surface area (Å²) in [6, 6.07) is 10.1. The van der Waals surface area contributed by atoms with Crippen molar-refractivity contribution in [2.45, 2.75) is 67.1 Å². The summed E-state index contributed by atoms with van der Waals surface area (Å²) >= 11 is 1.47. The van der Waals surface area contributed by atoms with Crippen LogP contribution in [0, 0.1) is 5.92 Å². The standard InChI is InChI=1S/C30H31N5O7S2/c1-2-17-15-30(17,27(37)34-44(40,41)19-9-10-19)33-25(36)22-14-18(16-35(22)28(38)29(39)11-12-29)42-26-24(23-8-5-13-43-23)31-20-6-3-4-7-21(20)32-26/h2-8,13,17-19,22,39H,1,9-12,14-16H2,(H,33,36)(H,34,37)/t17-,18-,22+,30-/m1/s1. The molecule has 1 aliphatic heterocycles. The number of carbonyl (C=O) groups excluding carboxylic acids is 3. The maximum Gasteiger partial charge on any atom is 0.259 e. The number of rotatable bonds is 10. The molecule has 2 aromatic heterocycles. The number of nitrogens with zero attached hydrogens (tertiary/aromatic N) is 3. The van der Waals surface area contributed by atoms with Gasteiger partial charge in [-0.05, 0) is 55.7 Å². The molecule has 0 radical (unpaired) electrons. The molecule has 0 spiro atoms. The number of para-hydroxylation sites is 2. The third-order valence-electron chi connectivity index (χ3n) is 8.77. The maximum atomic E-state index is 13.8. The van der Waals surface area contributed by atoms with Crippen molar-refractivity contribution in [1.82, 2.24) is 24.9 Å². The average Bonchev–Trinajstić information content (AvgIpc) is 3.97. The van der Waals surface area contributed by atoms with Gasteiger partial charge in [0.05, 0.1) is 27.7 Å². The van der Waals surface area contributed by atoms with Crippen molar-refractivity contribution in [2.75, 3.05) is 6.54 Å². The Morgan fingerprint density at radius 3 is 2.45 bits per heavy atom. The van der Waals surface area contributed by atoms with Gasteiger partial charge in [-0.15, -0.1) is 17.9 Å². The third-order valence-corrected chi connectivity index (χ3v) is 11.5. The Bertz CT molecular complexity index is 1790. The molecule has 12 nitrogen and oxygen atoms in total. The Hall–Kier alpha value is -3.88. The molecule has 4 aliphatic rings. The van der Waals surface area contributed by atoms with Crippen LogP contribution in [0.1, 0.15) is 38.5 Å². The van der Waals surface area contributed by atoms with E-state index in [4.69, 9.17) is 14.7 Å². The van der Waals surface area contributed by atoms with E-state index in [0.29, 0.717) is 29.6 Å². The molecule has 44 heavy (non-hydrogen) atoms. The van der Waals surface area contributed by atoms with Crippen molar-refractivity contribution in [2.24, 2.45) is 5.92 Å². The first-order chi connectivity index (χ1) is 21.0. The van der Waals surface area contributed by atoms with Crippen molar-refractivity contribution in [1.29, 1.82) is 0 Å². The minimum absolute atomic E-state index is 0.00222. The average molecular weight is 638 g/mol. The Kier molecular flexibility index (Phi) is 6.79. The number of amides is 3. The number of likely N-dealkylation sites (tertiary alicyclic amines) is 1. The van der Waals surface area contributed by atoms with Gasteiger partial charge in [-0.25, -0.2) is 18.4 Å². The summed E-state index contributed by atoms with van der Waals surface area (Å²) in [7, 11) is -3.85. The lowest BCUT2D eigenvalue weighted by Crippen LogP contribution is -2.57. The SMILES string of the molecule is C=C[C@@H]1C[C@]1(NC(=O)[C@@H]1C[C@@H](Oc2nc3ccccc3nc2-c2cccs2)CN1C(=O)C1(O)CC1)C(=O)NS(=O)(=O)C1CC1. The highest BCUT2D eigenvalue weighted by Gasteiger charge is 2.62. The zero-order chi connectivity index (χ0) is 30.9. The number of aliphatic hydroxyl groups is 1. The predicted octanol–water partition coefficient (Wildman–Crippen LogP) is 1.90. The Morgan fingerprint density at radius 2 is 1.84 bits per heavy atom. The quantitative estimate of drug-likeness (QED) is 0.281. The highest BCUT2D eigenvalue weighted by atomic mass is 32.2. The number of hydrogen-bond donors (Lipinski definition) is 3. The van der Waals surface area contributed by atoms with E-state index in [2.05, 4.69) is 16.6 Å². The van der Waals surface area contributed by atoms with E-state index >= 15 is 0 Å². The summed E-state index contributed by atoms with van der Waals surface area (Å²) in [6.45, 7) is 3.73. The number of benzene rings is 1. The number of sulfonamides is 1. The molecule has 3 aliphatic carbocycles. The van der Waals surface area contributed by atoms with Crippen LogP contribution in [0.3, 0.4) is 0 Å². The molecule has 3 saturated carbocycles. The molecule has 4 fully saturated rings. The van der Waals surface area contributed by atoms with Crippen molar-refractivity contribution >= 4 is 50.1 Å². The normalized spacial score (nSPS) is 27.0. The van der Waals surface area contributed by atoms with Gasteiger partial charge in [0.2, 0.25) is 21.8 Å². The lowest BCUT2D eigenvalue weighted by Gasteiger charge is -2.28. The van der Waals surface area contributed by atoms with Gasteiger partial charge < -0.3 is 20.1 Å². The predicted molar refractivity (Wildman–Crippen MR) is 161 cm³/mol. The van der Waals surface area contributed by atoms with E-state index in [0.717, 1.165) is 4.88 Å².